The van der Waals surface area contributed by atoms with Crippen LogP contribution in [0.15, 0.2) is 0 Å². The average molecular weight is 260 g/mol. The molecular weight excluding hydrogens is 232 g/mol. The minimum absolute atomic E-state index is 0.0530. The molecule has 0 aromatic rings. The Bertz CT molecular complexity index is 236. The van der Waals surface area contributed by atoms with Crippen molar-refractivity contribution in [3.63, 3.8) is 0 Å². The van der Waals surface area contributed by atoms with Crippen LogP contribution >= 0.6 is 11.8 Å². The molecule has 2 nitrogen and oxygen atoms in total. The molecule has 0 aliphatic rings. The lowest BCUT2D eigenvalue weighted by Crippen LogP contribution is -2.20. The zero-order valence-corrected chi connectivity index (χ0v) is 13.2. The normalized spacial score (nSPS) is 14.5. The van der Waals surface area contributed by atoms with Crippen molar-refractivity contribution in [3.8, 4) is 0 Å². The van der Waals surface area contributed by atoms with Gasteiger partial charge in [0.15, 0.2) is 0 Å². The molecule has 1 unspecified atom stereocenters. The van der Waals surface area contributed by atoms with E-state index in [0.29, 0.717) is 23.7 Å². The van der Waals surface area contributed by atoms with E-state index in [-0.39, 0.29) is 11.4 Å². The van der Waals surface area contributed by atoms with Gasteiger partial charge in [-0.3, -0.25) is 4.79 Å². The molecular formula is C14H28O2S. The highest BCUT2D eigenvalue weighted by molar-refractivity contribution is 7.99. The zero-order valence-electron chi connectivity index (χ0n) is 12.4. The first-order valence-corrected chi connectivity index (χ1v) is 7.32. The summed E-state index contributed by atoms with van der Waals surface area (Å²) in [5.74, 6) is 0.995. The van der Waals surface area contributed by atoms with E-state index in [4.69, 9.17) is 4.74 Å². The highest BCUT2D eigenvalue weighted by Crippen LogP contribution is 2.25. The van der Waals surface area contributed by atoms with Crippen molar-refractivity contribution in [1.82, 2.24) is 0 Å². The molecule has 0 bridgehead atoms. The summed E-state index contributed by atoms with van der Waals surface area (Å²) in [7, 11) is 0. The fourth-order valence-electron chi connectivity index (χ4n) is 1.04. The summed E-state index contributed by atoms with van der Waals surface area (Å²) in [6.07, 6.45) is 0.511. The van der Waals surface area contributed by atoms with Crippen LogP contribution in [0.3, 0.4) is 0 Å². The molecule has 1 atom stereocenters. The van der Waals surface area contributed by atoms with Gasteiger partial charge in [0.05, 0.1) is 13.0 Å². The number of ether oxygens (including phenoxy) is 1. The van der Waals surface area contributed by atoms with Crippen LogP contribution < -0.4 is 0 Å². The van der Waals surface area contributed by atoms with Gasteiger partial charge in [-0.15, -0.1) is 0 Å². The van der Waals surface area contributed by atoms with Crippen LogP contribution in [0.25, 0.3) is 0 Å². The number of rotatable bonds is 5. The van der Waals surface area contributed by atoms with E-state index in [0.717, 1.165) is 5.75 Å². The van der Waals surface area contributed by atoms with E-state index < -0.39 is 0 Å². The Morgan fingerprint density at radius 3 is 2.06 bits per heavy atom. The third-order valence-corrected chi connectivity index (χ3v) is 3.69. The molecule has 0 aliphatic carbocycles. The second-order valence-electron chi connectivity index (χ2n) is 7.11. The Kier molecular flexibility index (Phi) is 6.60. The van der Waals surface area contributed by atoms with Crippen LogP contribution in [0.1, 0.15) is 54.9 Å². The van der Waals surface area contributed by atoms with Crippen LogP contribution in [0.5, 0.6) is 0 Å². The summed E-state index contributed by atoms with van der Waals surface area (Å²) in [5.41, 5.74) is 0.367. The maximum Gasteiger partial charge on any atom is 0.306 e. The van der Waals surface area contributed by atoms with Gasteiger partial charge in [0.25, 0.3) is 0 Å². The topological polar surface area (TPSA) is 26.3 Å². The molecule has 0 spiro atoms. The van der Waals surface area contributed by atoms with E-state index in [9.17, 15) is 4.79 Å². The summed E-state index contributed by atoms with van der Waals surface area (Å²) in [6, 6.07) is 0. The Labute approximate surface area is 111 Å². The lowest BCUT2D eigenvalue weighted by molar-refractivity contribution is -0.146. The van der Waals surface area contributed by atoms with Gasteiger partial charge >= 0.3 is 5.97 Å². The summed E-state index contributed by atoms with van der Waals surface area (Å²) >= 11 is 1.84. The van der Waals surface area contributed by atoms with Crippen molar-refractivity contribution in [2.75, 3.05) is 12.4 Å². The SMILES string of the molecule is CC(CC(=O)OCC(C)(C)C)SCC(C)(C)C. The lowest BCUT2D eigenvalue weighted by Gasteiger charge is -2.21. The second-order valence-corrected chi connectivity index (χ2v) is 8.53. The minimum Gasteiger partial charge on any atom is -0.465 e. The second kappa shape index (κ2) is 6.67. The van der Waals surface area contributed by atoms with Crippen molar-refractivity contribution in [2.24, 2.45) is 10.8 Å². The van der Waals surface area contributed by atoms with Crippen molar-refractivity contribution >= 4 is 17.7 Å². The minimum atomic E-state index is -0.0752. The van der Waals surface area contributed by atoms with Gasteiger partial charge in [-0.2, -0.15) is 11.8 Å². The third kappa shape index (κ3) is 12.1. The molecule has 0 aliphatic heterocycles. The molecule has 0 rings (SSSR count). The fraction of sp³-hybridized carbons (Fsp3) is 0.929. The van der Waals surface area contributed by atoms with Crippen LogP contribution in [0.2, 0.25) is 0 Å². The van der Waals surface area contributed by atoms with Crippen molar-refractivity contribution in [3.05, 3.63) is 0 Å². The first-order chi connectivity index (χ1) is 7.49. The fourth-order valence-corrected chi connectivity index (χ4v) is 2.08. The lowest BCUT2D eigenvalue weighted by atomic mass is 9.99. The van der Waals surface area contributed by atoms with Crippen LogP contribution in [0, 0.1) is 10.8 Å². The smallest absolute Gasteiger partial charge is 0.306 e. The number of carbonyl (C=O) groups is 1. The Hall–Kier alpha value is -0.180. The Morgan fingerprint density at radius 1 is 1.12 bits per heavy atom. The monoisotopic (exact) mass is 260 g/mol. The highest BCUT2D eigenvalue weighted by Gasteiger charge is 2.18. The summed E-state index contributed by atoms with van der Waals surface area (Å²) in [6.45, 7) is 15.4. The largest absolute Gasteiger partial charge is 0.465 e. The molecule has 0 aromatic carbocycles. The van der Waals surface area contributed by atoms with E-state index in [1.54, 1.807) is 0 Å². The molecule has 0 saturated carbocycles. The molecule has 3 heteroatoms. The average Bonchev–Trinajstić information content (AvgIpc) is 2.09. The van der Waals surface area contributed by atoms with E-state index in [2.05, 4.69) is 48.5 Å². The molecule has 0 radical (unpaired) electrons. The van der Waals surface area contributed by atoms with Crippen molar-refractivity contribution < 1.29 is 9.53 Å². The number of hydrogen-bond acceptors (Lipinski definition) is 3. The summed E-state index contributed by atoms with van der Waals surface area (Å²) < 4.78 is 5.26. The maximum absolute atomic E-state index is 11.6. The molecule has 17 heavy (non-hydrogen) atoms. The van der Waals surface area contributed by atoms with Gasteiger partial charge in [0.1, 0.15) is 0 Å². The summed E-state index contributed by atoms with van der Waals surface area (Å²) in [4.78, 5) is 11.6. The van der Waals surface area contributed by atoms with Crippen molar-refractivity contribution in [1.29, 1.82) is 0 Å². The predicted octanol–water partition coefficient (Wildman–Crippen LogP) is 4.13. The molecule has 102 valence electrons. The van der Waals surface area contributed by atoms with Gasteiger partial charge in [-0.1, -0.05) is 48.5 Å². The standard InChI is InChI=1S/C14H28O2S/c1-11(17-10-14(5,6)7)8-12(15)16-9-13(2,3)4/h11H,8-10H2,1-7H3. The van der Waals surface area contributed by atoms with Gasteiger partial charge in [-0.05, 0) is 16.6 Å². The van der Waals surface area contributed by atoms with E-state index in [1.165, 1.54) is 0 Å². The first kappa shape index (κ1) is 16.8. The number of hydrogen-bond donors (Lipinski definition) is 0. The van der Waals surface area contributed by atoms with Gasteiger partial charge in [0, 0.05) is 5.25 Å². The maximum atomic E-state index is 11.6. The van der Waals surface area contributed by atoms with Gasteiger partial charge in [-0.25, -0.2) is 0 Å². The van der Waals surface area contributed by atoms with Gasteiger partial charge < -0.3 is 4.74 Å². The first-order valence-electron chi connectivity index (χ1n) is 6.27. The quantitative estimate of drug-likeness (QED) is 0.695. The van der Waals surface area contributed by atoms with E-state index in [1.807, 2.05) is 11.8 Å². The molecule has 0 N–H and O–H groups in total. The molecule has 0 fully saturated rings. The number of thioether (sulfide) groups is 1. The molecule has 0 saturated heterocycles. The van der Waals surface area contributed by atoms with Crippen LogP contribution in [-0.4, -0.2) is 23.6 Å². The summed E-state index contributed by atoms with van der Waals surface area (Å²) in [5, 5.41) is 0.335. The Balaban J connectivity index is 3.81. The Morgan fingerprint density at radius 2 is 1.65 bits per heavy atom. The number of esters is 1. The molecule has 0 heterocycles. The van der Waals surface area contributed by atoms with Crippen molar-refractivity contribution in [2.45, 2.75) is 60.1 Å². The molecule has 0 amide bonds. The van der Waals surface area contributed by atoms with E-state index >= 15 is 0 Å². The zero-order chi connectivity index (χ0) is 13.7. The van der Waals surface area contributed by atoms with Crippen LogP contribution in [0.4, 0.5) is 0 Å². The number of carbonyl (C=O) groups excluding carboxylic acids is 1. The predicted molar refractivity (Wildman–Crippen MR) is 76.4 cm³/mol. The van der Waals surface area contributed by atoms with Gasteiger partial charge in [0.2, 0.25) is 0 Å². The molecule has 0 aromatic heterocycles. The van der Waals surface area contributed by atoms with Crippen LogP contribution in [-0.2, 0) is 9.53 Å². The third-order valence-electron chi connectivity index (χ3n) is 1.92. The highest BCUT2D eigenvalue weighted by atomic mass is 32.2.